The Morgan fingerprint density at radius 2 is 1.97 bits per heavy atom. The minimum absolute atomic E-state index is 0.0321. The molecule has 1 aromatic heterocycles. The summed E-state index contributed by atoms with van der Waals surface area (Å²) in [6, 6.07) is 7.54. The number of aromatic amines is 1. The van der Waals surface area contributed by atoms with E-state index in [0.717, 1.165) is 36.0 Å². The average Bonchev–Trinajstić information content (AvgIpc) is 3.26. The number of carbonyl (C=O) groups is 1. The summed E-state index contributed by atoms with van der Waals surface area (Å²) < 4.78 is 23.8. The van der Waals surface area contributed by atoms with Crippen LogP contribution < -0.4 is 0 Å². The SMILES string of the molecule is CC1(C)CC=C(c2cc(C3(O)CCS(=O)(=O)CC3)ccc2CC(=O)c2ncc(C#N)[nH]2)CC1. The summed E-state index contributed by atoms with van der Waals surface area (Å²) in [6.07, 6.45) is 6.81. The third-order valence-corrected chi connectivity index (χ3v) is 8.58. The molecular weight excluding hydrogens is 438 g/mol. The first kappa shape index (κ1) is 23.4. The van der Waals surface area contributed by atoms with E-state index in [-0.39, 0.29) is 53.5 Å². The molecule has 7 nitrogen and oxygen atoms in total. The number of aromatic nitrogens is 2. The van der Waals surface area contributed by atoms with Gasteiger partial charge in [0.2, 0.25) is 5.78 Å². The van der Waals surface area contributed by atoms with E-state index in [0.29, 0.717) is 5.56 Å². The van der Waals surface area contributed by atoms with Crippen molar-refractivity contribution in [2.75, 3.05) is 11.5 Å². The molecule has 1 aliphatic heterocycles. The Hall–Kier alpha value is -2.76. The zero-order valence-electron chi connectivity index (χ0n) is 19.0. The number of hydrogen-bond acceptors (Lipinski definition) is 6. The van der Waals surface area contributed by atoms with Gasteiger partial charge < -0.3 is 10.1 Å². The van der Waals surface area contributed by atoms with Gasteiger partial charge in [0.25, 0.3) is 0 Å². The second kappa shape index (κ2) is 8.54. The highest BCUT2D eigenvalue weighted by molar-refractivity contribution is 7.91. The van der Waals surface area contributed by atoms with Gasteiger partial charge in [0.1, 0.15) is 11.8 Å². The number of hydrogen-bond donors (Lipinski definition) is 2. The van der Waals surface area contributed by atoms with Crippen molar-refractivity contribution >= 4 is 21.2 Å². The van der Waals surface area contributed by atoms with Crippen LogP contribution in [-0.4, -0.2) is 40.8 Å². The van der Waals surface area contributed by atoms with Crippen molar-refractivity contribution < 1.29 is 18.3 Å². The van der Waals surface area contributed by atoms with E-state index in [1.54, 1.807) is 6.07 Å². The topological polar surface area (TPSA) is 124 Å². The lowest BCUT2D eigenvalue weighted by Crippen LogP contribution is -2.37. The third-order valence-electron chi connectivity index (χ3n) is 6.93. The fourth-order valence-corrected chi connectivity index (χ4v) is 6.08. The highest BCUT2D eigenvalue weighted by atomic mass is 32.2. The second-order valence-electron chi connectivity index (χ2n) is 10.0. The fourth-order valence-electron chi connectivity index (χ4n) is 4.58. The van der Waals surface area contributed by atoms with Crippen molar-refractivity contribution in [2.24, 2.45) is 5.41 Å². The summed E-state index contributed by atoms with van der Waals surface area (Å²) in [4.78, 5) is 19.6. The van der Waals surface area contributed by atoms with Crippen LogP contribution in [0, 0.1) is 16.7 Å². The number of H-pyrrole nitrogens is 1. The molecular formula is C25H29N3O4S. The van der Waals surface area contributed by atoms with Gasteiger partial charge in [-0.25, -0.2) is 13.4 Å². The molecule has 2 aromatic rings. The molecule has 2 heterocycles. The standard InChI is InChI=1S/C25H29N3O4S/c1-24(2)7-5-17(6-8-24)21-14-19(25(30)9-11-33(31,32)12-10-25)4-3-18(21)13-22(29)23-27-16-20(15-26)28-23/h3-5,14,16,30H,6-13H2,1-2H3,(H,27,28). The number of rotatable bonds is 5. The molecule has 0 atom stereocenters. The van der Waals surface area contributed by atoms with Gasteiger partial charge >= 0.3 is 0 Å². The first-order chi connectivity index (χ1) is 15.5. The van der Waals surface area contributed by atoms with E-state index in [1.165, 1.54) is 6.20 Å². The van der Waals surface area contributed by atoms with E-state index in [4.69, 9.17) is 5.26 Å². The number of allylic oxidation sites excluding steroid dienone is 2. The maximum atomic E-state index is 12.9. The molecule has 0 saturated carbocycles. The minimum atomic E-state index is -3.11. The Morgan fingerprint density at radius 1 is 1.24 bits per heavy atom. The van der Waals surface area contributed by atoms with Crippen molar-refractivity contribution in [2.45, 2.75) is 58.0 Å². The molecule has 4 rings (SSSR count). The maximum Gasteiger partial charge on any atom is 0.202 e. The van der Waals surface area contributed by atoms with Crippen LogP contribution in [0.15, 0.2) is 30.5 Å². The van der Waals surface area contributed by atoms with E-state index in [9.17, 15) is 18.3 Å². The number of benzene rings is 1. The fraction of sp³-hybridized carbons (Fsp3) is 0.480. The molecule has 2 aliphatic rings. The summed E-state index contributed by atoms with van der Waals surface area (Å²) in [6.45, 7) is 4.46. The zero-order valence-corrected chi connectivity index (χ0v) is 19.8. The molecule has 33 heavy (non-hydrogen) atoms. The van der Waals surface area contributed by atoms with Crippen molar-refractivity contribution in [3.05, 3.63) is 58.7 Å². The summed E-state index contributed by atoms with van der Waals surface area (Å²) in [5.74, 6) is -0.133. The van der Waals surface area contributed by atoms with Crippen LogP contribution in [0.4, 0.5) is 0 Å². The molecule has 0 radical (unpaired) electrons. The van der Waals surface area contributed by atoms with Crippen molar-refractivity contribution in [3.63, 3.8) is 0 Å². The Morgan fingerprint density at radius 3 is 2.58 bits per heavy atom. The van der Waals surface area contributed by atoms with Gasteiger partial charge in [-0.15, -0.1) is 0 Å². The summed E-state index contributed by atoms with van der Waals surface area (Å²) in [5.41, 5.74) is 2.85. The normalized spacial score (nSPS) is 21.1. The zero-order chi connectivity index (χ0) is 23.9. The molecule has 2 N–H and O–H groups in total. The average molecular weight is 468 g/mol. The van der Waals surface area contributed by atoms with Gasteiger partial charge in [-0.3, -0.25) is 4.79 Å². The number of aliphatic hydroxyl groups is 1. The number of ketones is 1. The lowest BCUT2D eigenvalue weighted by molar-refractivity contribution is 0.0263. The maximum absolute atomic E-state index is 12.9. The molecule has 174 valence electrons. The predicted octanol–water partition coefficient (Wildman–Crippen LogP) is 3.70. The van der Waals surface area contributed by atoms with Crippen LogP contribution in [0.2, 0.25) is 0 Å². The van der Waals surface area contributed by atoms with Gasteiger partial charge in [-0.1, -0.05) is 32.1 Å². The highest BCUT2D eigenvalue weighted by Gasteiger charge is 2.37. The van der Waals surface area contributed by atoms with Crippen LogP contribution in [-0.2, 0) is 21.9 Å². The number of nitriles is 1. The summed E-state index contributed by atoms with van der Waals surface area (Å²) >= 11 is 0. The quantitative estimate of drug-likeness (QED) is 0.646. The third kappa shape index (κ3) is 5.10. The van der Waals surface area contributed by atoms with Crippen LogP contribution in [0.5, 0.6) is 0 Å². The molecule has 1 fully saturated rings. The van der Waals surface area contributed by atoms with E-state index in [1.807, 2.05) is 18.2 Å². The van der Waals surface area contributed by atoms with Crippen LogP contribution >= 0.6 is 0 Å². The predicted molar refractivity (Wildman–Crippen MR) is 125 cm³/mol. The smallest absolute Gasteiger partial charge is 0.202 e. The molecule has 1 saturated heterocycles. The summed E-state index contributed by atoms with van der Waals surface area (Å²) in [5, 5.41) is 20.3. The molecule has 1 aliphatic carbocycles. The number of nitrogens with one attached hydrogen (secondary N) is 1. The van der Waals surface area contributed by atoms with Gasteiger partial charge in [0.05, 0.1) is 23.3 Å². The first-order valence-electron chi connectivity index (χ1n) is 11.2. The Labute approximate surface area is 194 Å². The van der Waals surface area contributed by atoms with Crippen molar-refractivity contribution in [1.29, 1.82) is 5.26 Å². The Balaban J connectivity index is 1.69. The number of sulfone groups is 1. The number of nitrogens with zero attached hydrogens (tertiary/aromatic N) is 2. The van der Waals surface area contributed by atoms with E-state index in [2.05, 4.69) is 29.9 Å². The second-order valence-corrected chi connectivity index (χ2v) is 12.3. The van der Waals surface area contributed by atoms with Crippen molar-refractivity contribution in [1.82, 2.24) is 9.97 Å². The highest BCUT2D eigenvalue weighted by Crippen LogP contribution is 2.41. The van der Waals surface area contributed by atoms with Gasteiger partial charge in [0, 0.05) is 6.42 Å². The first-order valence-corrected chi connectivity index (χ1v) is 13.1. The lowest BCUT2D eigenvalue weighted by Gasteiger charge is -2.34. The Bertz CT molecular complexity index is 1250. The van der Waals surface area contributed by atoms with Gasteiger partial charge in [-0.2, -0.15) is 5.26 Å². The number of Topliss-reactive ketones (excluding diaryl/α,β-unsaturated/α-hetero) is 1. The molecule has 0 unspecified atom stereocenters. The molecule has 0 bridgehead atoms. The monoisotopic (exact) mass is 467 g/mol. The largest absolute Gasteiger partial charge is 0.385 e. The Kier molecular flexibility index (Phi) is 6.06. The van der Waals surface area contributed by atoms with E-state index < -0.39 is 15.4 Å². The number of imidazole rings is 1. The van der Waals surface area contributed by atoms with Crippen LogP contribution in [0.25, 0.3) is 5.57 Å². The minimum Gasteiger partial charge on any atom is -0.385 e. The van der Waals surface area contributed by atoms with E-state index >= 15 is 0 Å². The lowest BCUT2D eigenvalue weighted by atomic mass is 9.75. The molecule has 0 amide bonds. The van der Waals surface area contributed by atoms with Crippen molar-refractivity contribution in [3.8, 4) is 6.07 Å². The summed E-state index contributed by atoms with van der Waals surface area (Å²) in [7, 11) is -3.11. The van der Waals surface area contributed by atoms with Crippen LogP contribution in [0.1, 0.15) is 79.0 Å². The molecule has 0 spiro atoms. The van der Waals surface area contributed by atoms with Crippen LogP contribution in [0.3, 0.4) is 0 Å². The molecule has 8 heteroatoms. The van der Waals surface area contributed by atoms with Gasteiger partial charge in [0.15, 0.2) is 15.7 Å². The van der Waals surface area contributed by atoms with Gasteiger partial charge in [-0.05, 0) is 65.8 Å². The molecule has 1 aromatic carbocycles. The number of carbonyl (C=O) groups excluding carboxylic acids is 1.